The highest BCUT2D eigenvalue weighted by Crippen LogP contribution is 2.26. The molecular formula is C16H18N4O3S. The van der Waals surface area contributed by atoms with E-state index < -0.39 is 18.2 Å². The summed E-state index contributed by atoms with van der Waals surface area (Å²) < 4.78 is 68.6. The fraction of sp³-hybridized carbons (Fsp3) is 0.312. The molecule has 7 nitrogen and oxygen atoms in total. The number of methoxy groups -OCH3 is 2. The molecule has 0 saturated carbocycles. The van der Waals surface area contributed by atoms with Gasteiger partial charge in [0.15, 0.2) is 11.4 Å². The van der Waals surface area contributed by atoms with E-state index in [1.807, 2.05) is 0 Å². The monoisotopic (exact) mass is 352 g/mol. The van der Waals surface area contributed by atoms with Crippen LogP contribution < -0.4 is 9.47 Å². The van der Waals surface area contributed by atoms with Crippen LogP contribution in [0.15, 0.2) is 23.4 Å². The third-order valence-electron chi connectivity index (χ3n) is 3.42. The van der Waals surface area contributed by atoms with Crippen LogP contribution >= 0.6 is 0 Å². The molecule has 8 heteroatoms. The second kappa shape index (κ2) is 6.66. The predicted octanol–water partition coefficient (Wildman–Crippen LogP) is 2.29. The average molecular weight is 352 g/mol. The van der Waals surface area contributed by atoms with Crippen molar-refractivity contribution in [3.05, 3.63) is 35.1 Å². The normalized spacial score (nSPS) is 16.5. The number of aromatic nitrogens is 4. The Hall–Kier alpha value is -2.32. The number of imidazole rings is 1. The van der Waals surface area contributed by atoms with Crippen molar-refractivity contribution in [3.63, 3.8) is 0 Å². The molecule has 0 saturated heterocycles. The van der Waals surface area contributed by atoms with E-state index in [1.54, 1.807) is 6.92 Å². The molecule has 1 unspecified atom stereocenters. The first-order valence-electron chi connectivity index (χ1n) is 9.88. The van der Waals surface area contributed by atoms with E-state index in [4.69, 9.17) is 17.7 Å². The fourth-order valence-corrected chi connectivity index (χ4v) is 3.21. The molecule has 24 heavy (non-hydrogen) atoms. The van der Waals surface area contributed by atoms with Crippen molar-refractivity contribution < 1.29 is 22.3 Å². The summed E-state index contributed by atoms with van der Waals surface area (Å²) >= 11 is -1.78. The van der Waals surface area contributed by atoms with Gasteiger partial charge in [0.1, 0.15) is 5.75 Å². The summed E-state index contributed by atoms with van der Waals surface area (Å²) in [5, 5.41) is 0.00486. The van der Waals surface area contributed by atoms with Gasteiger partial charge in [-0.3, -0.25) is 9.97 Å². The number of pyridine rings is 2. The summed E-state index contributed by atoms with van der Waals surface area (Å²) in [5.74, 6) is -0.240. The lowest BCUT2D eigenvalue weighted by molar-refractivity contribution is 0.399. The van der Waals surface area contributed by atoms with Crippen molar-refractivity contribution in [1.29, 1.82) is 0 Å². The highest BCUT2D eigenvalue weighted by molar-refractivity contribution is 7.90. The molecule has 1 atom stereocenters. The maximum Gasteiger partial charge on any atom is 0.323 e. The van der Waals surface area contributed by atoms with Crippen LogP contribution in [0.25, 0.3) is 11.2 Å². The molecule has 0 aliphatic rings. The summed E-state index contributed by atoms with van der Waals surface area (Å²) in [6.07, 6.45) is -0.185. The highest BCUT2D eigenvalue weighted by Gasteiger charge is 2.21. The van der Waals surface area contributed by atoms with E-state index in [0.29, 0.717) is 5.56 Å². The van der Waals surface area contributed by atoms with Crippen molar-refractivity contribution in [2.75, 3.05) is 14.1 Å². The van der Waals surface area contributed by atoms with Gasteiger partial charge in [0.05, 0.1) is 33.6 Å². The molecule has 1 N–H and O–H groups in total. The Labute approximate surface area is 151 Å². The van der Waals surface area contributed by atoms with E-state index in [-0.39, 0.29) is 63.2 Å². The largest absolute Gasteiger partial charge is 0.609 e. The molecule has 3 heterocycles. The standard InChI is InChI=1S/C16H18N4O3S/c1-9-7-17-12(10(2)14(9)23-4)8-24(21)16-18-11-5-6-13(22-3)19-15(11)20-16/h5-7H,8H2,1-4H3,(H,18,19,20)/i4D3,5D,6D,7D. The third kappa shape index (κ3) is 3.02. The molecule has 0 bridgehead atoms. The van der Waals surface area contributed by atoms with Crippen LogP contribution in [0.5, 0.6) is 11.6 Å². The smallest absolute Gasteiger partial charge is 0.323 e. The maximum absolute atomic E-state index is 12.9. The lowest BCUT2D eigenvalue weighted by Crippen LogP contribution is -2.10. The lowest BCUT2D eigenvalue weighted by Gasteiger charge is -2.13. The summed E-state index contributed by atoms with van der Waals surface area (Å²) in [6.45, 7) is 3.10. The lowest BCUT2D eigenvalue weighted by atomic mass is 10.1. The van der Waals surface area contributed by atoms with Gasteiger partial charge in [0, 0.05) is 34.5 Å². The Bertz CT molecular complexity index is 1120. The van der Waals surface area contributed by atoms with Gasteiger partial charge in [-0.1, -0.05) is 0 Å². The molecule has 3 aromatic heterocycles. The van der Waals surface area contributed by atoms with Gasteiger partial charge in [-0.15, -0.1) is 0 Å². The molecule has 0 aliphatic carbocycles. The van der Waals surface area contributed by atoms with E-state index >= 15 is 0 Å². The molecule has 3 rings (SSSR count). The number of aromatic amines is 1. The van der Waals surface area contributed by atoms with Crippen LogP contribution in [0.4, 0.5) is 0 Å². The van der Waals surface area contributed by atoms with Gasteiger partial charge in [0.25, 0.3) is 0 Å². The van der Waals surface area contributed by atoms with Crippen molar-refractivity contribution in [3.8, 4) is 11.6 Å². The fourth-order valence-electron chi connectivity index (χ4n) is 2.14. The minimum Gasteiger partial charge on any atom is -0.609 e. The van der Waals surface area contributed by atoms with E-state index in [0.717, 1.165) is 0 Å². The van der Waals surface area contributed by atoms with Gasteiger partial charge >= 0.3 is 5.16 Å². The van der Waals surface area contributed by atoms with Gasteiger partial charge in [0.2, 0.25) is 5.88 Å². The Morgan fingerprint density at radius 1 is 1.33 bits per heavy atom. The van der Waals surface area contributed by atoms with Crippen LogP contribution in [0.2, 0.25) is 0 Å². The van der Waals surface area contributed by atoms with Crippen LogP contribution in [0, 0.1) is 13.8 Å². The molecular weight excluding hydrogens is 328 g/mol. The number of ether oxygens (including phenoxy) is 2. The number of nitrogens with one attached hydrogen (secondary N) is 1. The predicted molar refractivity (Wildman–Crippen MR) is 90.8 cm³/mol. The van der Waals surface area contributed by atoms with Crippen LogP contribution in [-0.4, -0.2) is 38.6 Å². The second-order valence-corrected chi connectivity index (χ2v) is 6.32. The quantitative estimate of drug-likeness (QED) is 0.708. The number of nitrogens with zero attached hydrogens (tertiary/aromatic N) is 3. The number of hydrogen-bond acceptors (Lipinski definition) is 6. The van der Waals surface area contributed by atoms with E-state index in [1.165, 1.54) is 14.0 Å². The zero-order chi connectivity index (χ0) is 22.4. The first-order valence-corrected chi connectivity index (χ1v) is 8.19. The molecule has 126 valence electrons. The van der Waals surface area contributed by atoms with Crippen molar-refractivity contribution in [1.82, 2.24) is 19.9 Å². The Balaban J connectivity index is 1.98. The maximum atomic E-state index is 12.9. The first-order chi connectivity index (χ1) is 13.9. The molecule has 0 radical (unpaired) electrons. The van der Waals surface area contributed by atoms with Gasteiger partial charge < -0.3 is 14.0 Å². The SMILES string of the molecule is [2H]c1nc(C[S+]([O-])c2nc3nc(OC)c([2H])c([2H])c3[nH]2)c(C)c(OC([2H])([2H])[2H])c1C. The third-order valence-corrected chi connectivity index (χ3v) is 4.58. The highest BCUT2D eigenvalue weighted by atomic mass is 32.2. The molecule has 0 fully saturated rings. The molecule has 3 aromatic rings. The molecule has 0 aliphatic heterocycles. The van der Waals surface area contributed by atoms with Crippen LogP contribution in [0.1, 0.15) is 25.0 Å². The summed E-state index contributed by atoms with van der Waals surface area (Å²) in [5.41, 5.74) is 1.07. The first kappa shape index (κ1) is 10.5. The number of rotatable bonds is 5. The Morgan fingerprint density at radius 3 is 2.92 bits per heavy atom. The average Bonchev–Trinajstić information content (AvgIpc) is 3.09. The van der Waals surface area contributed by atoms with Gasteiger partial charge in [-0.05, 0) is 19.9 Å². The van der Waals surface area contributed by atoms with E-state index in [9.17, 15) is 4.55 Å². The van der Waals surface area contributed by atoms with Crippen molar-refractivity contribution in [2.24, 2.45) is 0 Å². The Morgan fingerprint density at radius 2 is 2.17 bits per heavy atom. The number of fused-ring (bicyclic) bond motifs is 1. The summed E-state index contributed by atoms with van der Waals surface area (Å²) in [6, 6.07) is -0.425. The molecule has 0 aromatic carbocycles. The van der Waals surface area contributed by atoms with Crippen LogP contribution in [0.3, 0.4) is 0 Å². The van der Waals surface area contributed by atoms with Crippen molar-refractivity contribution >= 4 is 22.3 Å². The number of hydrogen-bond donors (Lipinski definition) is 1. The summed E-state index contributed by atoms with van der Waals surface area (Å²) in [7, 11) is -1.39. The topological polar surface area (TPSA) is 96.0 Å². The zero-order valence-corrected chi connectivity index (χ0v) is 14.0. The second-order valence-electron chi connectivity index (χ2n) is 4.95. The minimum absolute atomic E-state index is 0.00486. The van der Waals surface area contributed by atoms with E-state index in [2.05, 4.69) is 19.9 Å². The van der Waals surface area contributed by atoms with Gasteiger partial charge in [-0.2, -0.15) is 9.97 Å². The number of H-pyrrole nitrogens is 1. The van der Waals surface area contributed by atoms with Gasteiger partial charge in [-0.25, -0.2) is 0 Å². The molecule has 0 amide bonds. The molecule has 0 spiro atoms. The minimum atomic E-state index is -2.71. The Kier molecular flexibility index (Phi) is 2.92. The van der Waals surface area contributed by atoms with Crippen molar-refractivity contribution in [2.45, 2.75) is 24.8 Å². The van der Waals surface area contributed by atoms with Crippen LogP contribution in [-0.2, 0) is 16.9 Å². The zero-order valence-electron chi connectivity index (χ0n) is 19.2. The summed E-state index contributed by atoms with van der Waals surface area (Å²) in [4.78, 5) is 15.0.